The third-order valence-corrected chi connectivity index (χ3v) is 3.26. The maximum atomic E-state index is 9.91. The van der Waals surface area contributed by atoms with E-state index in [9.17, 15) is 5.11 Å². The second-order valence-electron chi connectivity index (χ2n) is 4.90. The second-order valence-corrected chi connectivity index (χ2v) is 4.90. The van der Waals surface area contributed by atoms with E-state index in [-0.39, 0.29) is 0 Å². The first-order valence-electron chi connectivity index (χ1n) is 6.11. The largest absolute Gasteiger partial charge is 0.390 e. The Morgan fingerprint density at radius 3 is 2.65 bits per heavy atom. The molecular formula is C12H20N4O. The first-order valence-corrected chi connectivity index (χ1v) is 6.11. The van der Waals surface area contributed by atoms with Gasteiger partial charge in [-0.1, -0.05) is 6.92 Å². The number of nitrogens with two attached hydrogens (primary N) is 1. The smallest absolute Gasteiger partial charge is 0.134 e. The summed E-state index contributed by atoms with van der Waals surface area (Å²) in [7, 11) is 0. The van der Waals surface area contributed by atoms with Crippen molar-refractivity contribution in [1.29, 1.82) is 0 Å². The van der Waals surface area contributed by atoms with Gasteiger partial charge in [-0.05, 0) is 19.8 Å². The monoisotopic (exact) mass is 236 g/mol. The summed E-state index contributed by atoms with van der Waals surface area (Å²) in [4.78, 5) is 10.8. The predicted molar refractivity (Wildman–Crippen MR) is 67.9 cm³/mol. The van der Waals surface area contributed by atoms with Gasteiger partial charge in [0.1, 0.15) is 17.5 Å². The molecule has 0 atom stereocenters. The summed E-state index contributed by atoms with van der Waals surface area (Å²) >= 11 is 0. The number of piperidine rings is 1. The van der Waals surface area contributed by atoms with Gasteiger partial charge in [0.05, 0.1) is 5.60 Å². The van der Waals surface area contributed by atoms with Crippen LogP contribution in [0.5, 0.6) is 0 Å². The van der Waals surface area contributed by atoms with Crippen LogP contribution in [0, 0.1) is 0 Å². The van der Waals surface area contributed by atoms with Gasteiger partial charge in [0.25, 0.3) is 0 Å². The molecule has 1 fully saturated rings. The minimum atomic E-state index is -0.539. The summed E-state index contributed by atoms with van der Waals surface area (Å²) in [5.41, 5.74) is 5.23. The molecule has 1 saturated heterocycles. The Morgan fingerprint density at radius 1 is 1.41 bits per heavy atom. The van der Waals surface area contributed by atoms with Crippen LogP contribution in [0.3, 0.4) is 0 Å². The molecule has 1 aromatic heterocycles. The van der Waals surface area contributed by atoms with Crippen LogP contribution in [0.1, 0.15) is 32.5 Å². The average Bonchev–Trinajstić information content (AvgIpc) is 2.28. The van der Waals surface area contributed by atoms with E-state index in [1.807, 2.05) is 13.8 Å². The molecule has 2 rings (SSSR count). The fourth-order valence-corrected chi connectivity index (χ4v) is 2.04. The molecule has 1 aromatic rings. The van der Waals surface area contributed by atoms with Crippen LogP contribution in [-0.4, -0.2) is 33.8 Å². The van der Waals surface area contributed by atoms with E-state index < -0.39 is 5.60 Å². The first kappa shape index (κ1) is 12.1. The van der Waals surface area contributed by atoms with Crippen molar-refractivity contribution in [2.24, 2.45) is 0 Å². The quantitative estimate of drug-likeness (QED) is 0.800. The summed E-state index contributed by atoms with van der Waals surface area (Å²) in [5.74, 6) is 2.17. The maximum absolute atomic E-state index is 9.91. The van der Waals surface area contributed by atoms with E-state index in [0.29, 0.717) is 5.82 Å². The summed E-state index contributed by atoms with van der Waals surface area (Å²) in [6, 6.07) is 1.80. The Balaban J connectivity index is 2.15. The Labute approximate surface area is 102 Å². The Morgan fingerprint density at radius 2 is 2.06 bits per heavy atom. The molecule has 1 aliphatic rings. The molecule has 0 amide bonds. The Hall–Kier alpha value is -1.36. The lowest BCUT2D eigenvalue weighted by molar-refractivity contribution is 0.0350. The molecule has 0 aromatic carbocycles. The van der Waals surface area contributed by atoms with E-state index in [4.69, 9.17) is 5.73 Å². The lowest BCUT2D eigenvalue weighted by Crippen LogP contribution is -2.42. The van der Waals surface area contributed by atoms with Crippen molar-refractivity contribution in [3.05, 3.63) is 11.9 Å². The molecule has 0 saturated carbocycles. The summed E-state index contributed by atoms with van der Waals surface area (Å²) in [5, 5.41) is 9.91. The molecule has 3 N–H and O–H groups in total. The molecule has 0 bridgehead atoms. The minimum absolute atomic E-state index is 0.518. The fraction of sp³-hybridized carbons (Fsp3) is 0.667. The third-order valence-electron chi connectivity index (χ3n) is 3.26. The number of rotatable bonds is 2. The van der Waals surface area contributed by atoms with Crippen LogP contribution < -0.4 is 10.6 Å². The van der Waals surface area contributed by atoms with Gasteiger partial charge in [-0.25, -0.2) is 9.97 Å². The van der Waals surface area contributed by atoms with Crippen LogP contribution in [0.25, 0.3) is 0 Å². The third kappa shape index (κ3) is 2.85. The first-order chi connectivity index (χ1) is 8.00. The van der Waals surface area contributed by atoms with Crippen LogP contribution >= 0.6 is 0 Å². The molecule has 0 radical (unpaired) electrons. The number of nitrogens with zero attached hydrogens (tertiary/aromatic N) is 3. The van der Waals surface area contributed by atoms with Crippen molar-refractivity contribution < 1.29 is 5.11 Å². The number of nitrogen functional groups attached to an aromatic ring is 1. The van der Waals surface area contributed by atoms with Crippen molar-refractivity contribution in [3.63, 3.8) is 0 Å². The van der Waals surface area contributed by atoms with E-state index in [0.717, 1.165) is 44.0 Å². The zero-order valence-electron chi connectivity index (χ0n) is 10.5. The lowest BCUT2D eigenvalue weighted by Gasteiger charge is -2.36. The van der Waals surface area contributed by atoms with Crippen LogP contribution in [-0.2, 0) is 6.42 Å². The fourth-order valence-electron chi connectivity index (χ4n) is 2.04. The van der Waals surface area contributed by atoms with Crippen LogP contribution in [0.4, 0.5) is 11.6 Å². The number of aromatic nitrogens is 2. The van der Waals surface area contributed by atoms with Gasteiger partial charge in [-0.15, -0.1) is 0 Å². The van der Waals surface area contributed by atoms with E-state index in [1.54, 1.807) is 6.07 Å². The topological polar surface area (TPSA) is 75.3 Å². The summed E-state index contributed by atoms with van der Waals surface area (Å²) < 4.78 is 0. The molecular weight excluding hydrogens is 216 g/mol. The van der Waals surface area contributed by atoms with Crippen molar-refractivity contribution in [1.82, 2.24) is 9.97 Å². The van der Waals surface area contributed by atoms with Crippen molar-refractivity contribution in [3.8, 4) is 0 Å². The second kappa shape index (κ2) is 4.49. The van der Waals surface area contributed by atoms with Crippen LogP contribution in [0.2, 0.25) is 0 Å². The van der Waals surface area contributed by atoms with Crippen molar-refractivity contribution in [2.45, 2.75) is 38.7 Å². The average molecular weight is 236 g/mol. The number of aliphatic hydroxyl groups is 1. The maximum Gasteiger partial charge on any atom is 0.134 e. The van der Waals surface area contributed by atoms with Gasteiger partial charge in [0.2, 0.25) is 0 Å². The highest BCUT2D eigenvalue weighted by Crippen LogP contribution is 2.25. The molecule has 94 valence electrons. The number of anilines is 2. The highest BCUT2D eigenvalue weighted by atomic mass is 16.3. The van der Waals surface area contributed by atoms with Gasteiger partial charge in [-0.3, -0.25) is 0 Å². The highest BCUT2D eigenvalue weighted by molar-refractivity contribution is 5.47. The van der Waals surface area contributed by atoms with E-state index in [2.05, 4.69) is 14.9 Å². The van der Waals surface area contributed by atoms with E-state index in [1.165, 1.54) is 0 Å². The molecule has 17 heavy (non-hydrogen) atoms. The standard InChI is InChI=1S/C12H20N4O/c1-3-10-14-9(13)8-11(15-10)16-6-4-12(2,17)5-7-16/h8,17H,3-7H2,1-2H3,(H2,13,14,15). The number of hydrogen-bond acceptors (Lipinski definition) is 5. The lowest BCUT2D eigenvalue weighted by atomic mass is 9.94. The summed E-state index contributed by atoms with van der Waals surface area (Å²) in [6.07, 6.45) is 2.31. The molecule has 0 spiro atoms. The van der Waals surface area contributed by atoms with Gasteiger partial charge >= 0.3 is 0 Å². The molecule has 0 aliphatic carbocycles. The number of aryl methyl sites for hydroxylation is 1. The summed E-state index contributed by atoms with van der Waals surface area (Å²) in [6.45, 7) is 5.52. The van der Waals surface area contributed by atoms with Gasteiger partial charge in [0.15, 0.2) is 0 Å². The molecule has 1 aliphatic heterocycles. The Kier molecular flexibility index (Phi) is 3.19. The van der Waals surface area contributed by atoms with Crippen LogP contribution in [0.15, 0.2) is 6.07 Å². The van der Waals surface area contributed by atoms with Gasteiger partial charge < -0.3 is 15.7 Å². The molecule has 2 heterocycles. The van der Waals surface area contributed by atoms with Crippen molar-refractivity contribution >= 4 is 11.6 Å². The van der Waals surface area contributed by atoms with E-state index >= 15 is 0 Å². The minimum Gasteiger partial charge on any atom is -0.390 e. The zero-order chi connectivity index (χ0) is 12.5. The number of hydrogen-bond donors (Lipinski definition) is 2. The Bertz CT molecular complexity index is 395. The highest BCUT2D eigenvalue weighted by Gasteiger charge is 2.28. The zero-order valence-corrected chi connectivity index (χ0v) is 10.5. The predicted octanol–water partition coefficient (Wildman–Crippen LogP) is 0.972. The van der Waals surface area contributed by atoms with Gasteiger partial charge in [0, 0.05) is 25.6 Å². The van der Waals surface area contributed by atoms with Crippen molar-refractivity contribution in [2.75, 3.05) is 23.7 Å². The molecule has 0 unspecified atom stereocenters. The normalized spacial score (nSPS) is 19.4. The van der Waals surface area contributed by atoms with Gasteiger partial charge in [-0.2, -0.15) is 0 Å². The molecule has 5 heteroatoms. The SMILES string of the molecule is CCc1nc(N)cc(N2CCC(C)(O)CC2)n1. The molecule has 5 nitrogen and oxygen atoms in total.